The van der Waals surface area contributed by atoms with Crippen molar-refractivity contribution in [2.24, 2.45) is 0 Å². The SMILES string of the molecule is CC=C([C](C)=[W])N(C(=O)[CH]=[W])[C](C)=[W]. The van der Waals surface area contributed by atoms with Crippen molar-refractivity contribution in [1.29, 1.82) is 0 Å². The van der Waals surface area contributed by atoms with E-state index in [1.54, 1.807) is 4.40 Å². The van der Waals surface area contributed by atoms with E-state index in [0.29, 0.717) is 0 Å². The summed E-state index contributed by atoms with van der Waals surface area (Å²) in [4.78, 5) is 13.5. The molecular weight excluding hydrogens is 690 g/mol. The molecule has 0 saturated heterocycles. The van der Waals surface area contributed by atoms with Gasteiger partial charge in [0.2, 0.25) is 0 Å². The van der Waals surface area contributed by atoms with E-state index in [4.69, 9.17) is 0 Å². The van der Waals surface area contributed by atoms with Crippen molar-refractivity contribution in [1.82, 2.24) is 4.90 Å². The minimum atomic E-state index is 0.0983. The van der Waals surface area contributed by atoms with Crippen LogP contribution in [0.5, 0.6) is 0 Å². The summed E-state index contributed by atoms with van der Waals surface area (Å²) in [5, 5.41) is 0. The van der Waals surface area contributed by atoms with E-state index in [0.717, 1.165) is 9.72 Å². The molecule has 0 N–H and O–H groups in total. The summed E-state index contributed by atoms with van der Waals surface area (Å²) in [6, 6.07) is 0. The van der Waals surface area contributed by atoms with Gasteiger partial charge in [-0.2, -0.15) is 0 Å². The van der Waals surface area contributed by atoms with Gasteiger partial charge in [-0.15, -0.1) is 0 Å². The van der Waals surface area contributed by atoms with E-state index in [-0.39, 0.29) is 5.91 Å². The van der Waals surface area contributed by atoms with Gasteiger partial charge in [0.1, 0.15) is 0 Å². The standard InChI is InChI=1S/C9H11NO.3W/c1-5-9(6-2)10(7-3)8(4)11;;;/h4-5H,1-3H3;;;. The Morgan fingerprint density at radius 1 is 1.29 bits per heavy atom. The van der Waals surface area contributed by atoms with Gasteiger partial charge in [0, 0.05) is 0 Å². The molecule has 2 nitrogen and oxygen atoms in total. The maximum absolute atomic E-state index is 11.7. The van der Waals surface area contributed by atoms with Crippen molar-refractivity contribution >= 4 is 18.2 Å². The van der Waals surface area contributed by atoms with Gasteiger partial charge >= 0.3 is 119 Å². The molecule has 0 aromatic carbocycles. The molecule has 0 fully saturated rings. The Balaban J connectivity index is 5.20. The molecule has 0 aliphatic carbocycles. The van der Waals surface area contributed by atoms with E-state index in [1.165, 1.54) is 62.0 Å². The van der Waals surface area contributed by atoms with Crippen molar-refractivity contribution in [2.75, 3.05) is 0 Å². The van der Waals surface area contributed by atoms with Crippen LogP contribution in [-0.4, -0.2) is 23.1 Å². The molecule has 0 atom stereocenters. The van der Waals surface area contributed by atoms with Crippen molar-refractivity contribution in [3.8, 4) is 0 Å². The first-order valence-electron chi connectivity index (χ1n) is 3.92. The maximum atomic E-state index is 11.7. The van der Waals surface area contributed by atoms with Crippen LogP contribution in [0, 0.1) is 0 Å². The van der Waals surface area contributed by atoms with Gasteiger partial charge in [-0.05, 0) is 0 Å². The predicted molar refractivity (Wildman–Crippen MR) is 48.0 cm³/mol. The quantitative estimate of drug-likeness (QED) is 0.419. The van der Waals surface area contributed by atoms with Crippen LogP contribution in [0.25, 0.3) is 0 Å². The van der Waals surface area contributed by atoms with Crippen LogP contribution in [0.15, 0.2) is 11.8 Å². The van der Waals surface area contributed by atoms with Gasteiger partial charge in [0.05, 0.1) is 0 Å². The molecule has 0 unspecified atom stereocenters. The summed E-state index contributed by atoms with van der Waals surface area (Å²) in [6.45, 7) is 6.03. The van der Waals surface area contributed by atoms with Crippen LogP contribution in [0.2, 0.25) is 0 Å². The number of hydrogen-bond acceptors (Lipinski definition) is 1. The molecule has 0 aromatic heterocycles. The average molecular weight is 701 g/mol. The third-order valence-corrected chi connectivity index (χ3v) is 3.64. The summed E-state index contributed by atoms with van der Waals surface area (Å²) in [5.41, 5.74) is 1.05. The molecule has 0 spiro atoms. The predicted octanol–water partition coefficient (Wildman–Crippen LogP) is 0.504. The Hall–Kier alpha value is 0.885. The van der Waals surface area contributed by atoms with Gasteiger partial charge in [-0.1, -0.05) is 0 Å². The molecule has 0 aromatic rings. The third kappa shape index (κ3) is 4.17. The molecule has 0 rings (SSSR count). The van der Waals surface area contributed by atoms with E-state index in [1.807, 2.05) is 24.8 Å². The van der Waals surface area contributed by atoms with Crippen LogP contribution in [-0.2, 0) is 62.9 Å². The zero-order chi connectivity index (χ0) is 11.3. The fourth-order valence-electron chi connectivity index (χ4n) is 0.986. The minimum absolute atomic E-state index is 0.0983. The van der Waals surface area contributed by atoms with E-state index in [2.05, 4.69) is 6.92 Å². The molecule has 0 radical (unpaired) electrons. The van der Waals surface area contributed by atoms with Gasteiger partial charge in [-0.25, -0.2) is 0 Å². The van der Waals surface area contributed by atoms with Crippen LogP contribution in [0.1, 0.15) is 20.8 Å². The summed E-state index contributed by atoms with van der Waals surface area (Å²) < 4.78 is 4.04. The number of carbonyl (C=O) groups is 1. The fraction of sp³-hybridized carbons (Fsp3) is 0.333. The van der Waals surface area contributed by atoms with E-state index >= 15 is 0 Å². The van der Waals surface area contributed by atoms with Gasteiger partial charge < -0.3 is 0 Å². The first kappa shape index (κ1) is 14.9. The molecule has 0 aliphatic heterocycles. The second-order valence-corrected chi connectivity index (χ2v) is 7.71. The summed E-state index contributed by atoms with van der Waals surface area (Å²) >= 11 is 3.94. The summed E-state index contributed by atoms with van der Waals surface area (Å²) in [7, 11) is 0. The number of carbonyl (C=O) groups excluding carboxylic acids is 1. The van der Waals surface area contributed by atoms with Crippen LogP contribution in [0.4, 0.5) is 0 Å². The Labute approximate surface area is 117 Å². The second kappa shape index (κ2) is 7.21. The molecule has 76 valence electrons. The van der Waals surface area contributed by atoms with Gasteiger partial charge in [0.25, 0.3) is 0 Å². The van der Waals surface area contributed by atoms with Gasteiger partial charge in [0.15, 0.2) is 0 Å². The molecule has 0 heterocycles. The topological polar surface area (TPSA) is 20.3 Å². The monoisotopic (exact) mass is 701 g/mol. The first-order chi connectivity index (χ1) is 6.45. The van der Waals surface area contributed by atoms with Crippen molar-refractivity contribution < 1.29 is 62.9 Å². The molecule has 0 bridgehead atoms. The molecule has 5 heteroatoms. The fourth-order valence-corrected chi connectivity index (χ4v) is 2.79. The normalized spacial score (nSPS) is 10.6. The molecule has 0 aliphatic rings. The van der Waals surface area contributed by atoms with Crippen LogP contribution in [0.3, 0.4) is 0 Å². The molecule has 1 amide bonds. The zero-order valence-corrected chi connectivity index (χ0v) is 17.0. The Morgan fingerprint density at radius 3 is 2.00 bits per heavy atom. The Morgan fingerprint density at radius 2 is 1.79 bits per heavy atom. The number of allylic oxidation sites excluding steroid dienone is 2. The van der Waals surface area contributed by atoms with Gasteiger partial charge in [-0.3, -0.25) is 0 Å². The Bertz CT molecular complexity index is 320. The van der Waals surface area contributed by atoms with Crippen LogP contribution >= 0.6 is 0 Å². The van der Waals surface area contributed by atoms with Crippen molar-refractivity contribution in [2.45, 2.75) is 20.8 Å². The summed E-state index contributed by atoms with van der Waals surface area (Å²) in [6.07, 6.45) is 2.01. The number of rotatable bonds is 4. The first-order valence-corrected chi connectivity index (χ1v) is 8.55. The van der Waals surface area contributed by atoms with Crippen molar-refractivity contribution in [3.05, 3.63) is 11.8 Å². The summed E-state index contributed by atoms with van der Waals surface area (Å²) in [5.74, 6) is 0.0983. The Kier molecular flexibility index (Phi) is 7.66. The number of amides is 1. The van der Waals surface area contributed by atoms with E-state index in [9.17, 15) is 4.79 Å². The number of nitrogens with zero attached hydrogens (tertiary/aromatic N) is 1. The third-order valence-electron chi connectivity index (χ3n) is 1.51. The van der Waals surface area contributed by atoms with Crippen LogP contribution < -0.4 is 0 Å². The van der Waals surface area contributed by atoms with E-state index < -0.39 is 0 Å². The second-order valence-electron chi connectivity index (χ2n) is 2.54. The molecular formula is C9H11NOW3. The van der Waals surface area contributed by atoms with Crippen molar-refractivity contribution in [3.63, 3.8) is 0 Å². The molecule has 14 heavy (non-hydrogen) atoms. The zero-order valence-electron chi connectivity index (χ0n) is 8.23. The average Bonchev–Trinajstić information content (AvgIpc) is 2.11. The molecule has 0 saturated carbocycles. The number of hydrogen-bond donors (Lipinski definition) is 0.